The van der Waals surface area contributed by atoms with Crippen molar-refractivity contribution in [3.05, 3.63) is 29.1 Å². The van der Waals surface area contributed by atoms with Crippen LogP contribution in [0.5, 0.6) is 0 Å². The third-order valence-corrected chi connectivity index (χ3v) is 2.82. The zero-order valence-corrected chi connectivity index (χ0v) is 9.20. The molecule has 1 aromatic carbocycles. The highest BCUT2D eigenvalue weighted by atomic mass is 19.1. The van der Waals surface area contributed by atoms with Gasteiger partial charge in [-0.1, -0.05) is 0 Å². The second-order valence-corrected chi connectivity index (χ2v) is 3.88. The van der Waals surface area contributed by atoms with Gasteiger partial charge in [0.25, 0.3) is 0 Å². The van der Waals surface area contributed by atoms with Crippen molar-refractivity contribution in [2.45, 2.75) is 6.92 Å². The number of halogens is 1. The van der Waals surface area contributed by atoms with Crippen molar-refractivity contribution in [1.29, 1.82) is 0 Å². The normalized spacial score (nSPS) is 16.2. The third kappa shape index (κ3) is 2.07. The van der Waals surface area contributed by atoms with E-state index in [4.69, 9.17) is 4.74 Å². The number of hydrogen-bond donors (Lipinski definition) is 0. The molecule has 1 fully saturated rings. The Labute approximate surface area is 93.8 Å². The first kappa shape index (κ1) is 11.1. The molecule has 4 heteroatoms. The molecular formula is C12H14FNO2. The van der Waals surface area contributed by atoms with E-state index in [1.54, 1.807) is 6.92 Å². The molecule has 2 rings (SSSR count). The first-order chi connectivity index (χ1) is 7.72. The molecule has 86 valence electrons. The zero-order valence-electron chi connectivity index (χ0n) is 9.20. The summed E-state index contributed by atoms with van der Waals surface area (Å²) >= 11 is 0. The van der Waals surface area contributed by atoms with E-state index in [0.717, 1.165) is 18.8 Å². The highest BCUT2D eigenvalue weighted by Crippen LogP contribution is 2.22. The summed E-state index contributed by atoms with van der Waals surface area (Å²) in [5.41, 5.74) is 1.65. The smallest absolute Gasteiger partial charge is 0.153 e. The van der Waals surface area contributed by atoms with E-state index in [1.807, 2.05) is 6.07 Å². The summed E-state index contributed by atoms with van der Waals surface area (Å²) in [4.78, 5) is 12.7. The number of carbonyl (C=O) groups excluding carboxylic acids is 1. The summed E-state index contributed by atoms with van der Waals surface area (Å²) in [6, 6.07) is 3.26. The van der Waals surface area contributed by atoms with E-state index >= 15 is 0 Å². The average molecular weight is 223 g/mol. The lowest BCUT2D eigenvalue weighted by Gasteiger charge is -2.29. The van der Waals surface area contributed by atoms with Gasteiger partial charge < -0.3 is 9.64 Å². The number of anilines is 1. The second kappa shape index (κ2) is 4.61. The lowest BCUT2D eigenvalue weighted by Crippen LogP contribution is -2.36. The van der Waals surface area contributed by atoms with Crippen LogP contribution in [-0.2, 0) is 4.74 Å². The van der Waals surface area contributed by atoms with Crippen molar-refractivity contribution in [1.82, 2.24) is 0 Å². The SMILES string of the molecule is Cc1cc(N2CCOCC2)cc(F)c1C=O. The molecule has 1 aliphatic rings. The Hall–Kier alpha value is -1.42. The van der Waals surface area contributed by atoms with Gasteiger partial charge in [0.1, 0.15) is 5.82 Å². The molecule has 1 heterocycles. The number of hydrogen-bond acceptors (Lipinski definition) is 3. The quantitative estimate of drug-likeness (QED) is 0.716. The summed E-state index contributed by atoms with van der Waals surface area (Å²) in [5, 5.41) is 0. The molecule has 0 radical (unpaired) electrons. The van der Waals surface area contributed by atoms with E-state index in [2.05, 4.69) is 4.90 Å². The Morgan fingerprint density at radius 1 is 1.38 bits per heavy atom. The van der Waals surface area contributed by atoms with Crippen molar-refractivity contribution < 1.29 is 13.9 Å². The maximum Gasteiger partial charge on any atom is 0.153 e. The van der Waals surface area contributed by atoms with Crippen LogP contribution in [0.4, 0.5) is 10.1 Å². The van der Waals surface area contributed by atoms with Gasteiger partial charge in [-0.05, 0) is 24.6 Å². The van der Waals surface area contributed by atoms with Crippen LogP contribution in [0.15, 0.2) is 12.1 Å². The molecule has 0 N–H and O–H groups in total. The molecule has 0 aromatic heterocycles. The molecular weight excluding hydrogens is 209 g/mol. The number of carbonyl (C=O) groups is 1. The third-order valence-electron chi connectivity index (χ3n) is 2.82. The van der Waals surface area contributed by atoms with Gasteiger partial charge in [-0.25, -0.2) is 4.39 Å². The average Bonchev–Trinajstić information content (AvgIpc) is 2.30. The predicted molar refractivity (Wildman–Crippen MR) is 59.6 cm³/mol. The number of ether oxygens (including phenoxy) is 1. The fraction of sp³-hybridized carbons (Fsp3) is 0.417. The molecule has 0 saturated carbocycles. The van der Waals surface area contributed by atoms with Crippen LogP contribution in [-0.4, -0.2) is 32.6 Å². The lowest BCUT2D eigenvalue weighted by atomic mass is 10.1. The van der Waals surface area contributed by atoms with Gasteiger partial charge in [-0.3, -0.25) is 4.79 Å². The number of rotatable bonds is 2. The number of benzene rings is 1. The minimum Gasteiger partial charge on any atom is -0.378 e. The molecule has 0 aliphatic carbocycles. The van der Waals surface area contributed by atoms with E-state index in [9.17, 15) is 9.18 Å². The Bertz CT molecular complexity index is 377. The van der Waals surface area contributed by atoms with Crippen molar-refractivity contribution in [3.63, 3.8) is 0 Å². The highest BCUT2D eigenvalue weighted by molar-refractivity contribution is 5.79. The summed E-state index contributed by atoms with van der Waals surface area (Å²) in [6.45, 7) is 4.60. The Morgan fingerprint density at radius 3 is 2.62 bits per heavy atom. The summed E-state index contributed by atoms with van der Waals surface area (Å²) in [5.74, 6) is -0.448. The molecule has 0 spiro atoms. The molecule has 16 heavy (non-hydrogen) atoms. The van der Waals surface area contributed by atoms with Gasteiger partial charge in [-0.2, -0.15) is 0 Å². The molecule has 0 unspecified atom stereocenters. The number of aryl methyl sites for hydroxylation is 1. The van der Waals surface area contributed by atoms with Gasteiger partial charge >= 0.3 is 0 Å². The van der Waals surface area contributed by atoms with Gasteiger partial charge in [0.05, 0.1) is 18.8 Å². The minimum atomic E-state index is -0.448. The standard InChI is InChI=1S/C12H14FNO2/c1-9-6-10(7-12(13)11(9)8-15)14-2-4-16-5-3-14/h6-8H,2-5H2,1H3. The van der Waals surface area contributed by atoms with Crippen molar-refractivity contribution >= 4 is 12.0 Å². The van der Waals surface area contributed by atoms with Crippen molar-refractivity contribution in [2.75, 3.05) is 31.2 Å². The molecule has 1 aliphatic heterocycles. The monoisotopic (exact) mass is 223 g/mol. The summed E-state index contributed by atoms with van der Waals surface area (Å²) in [7, 11) is 0. The topological polar surface area (TPSA) is 29.5 Å². The maximum atomic E-state index is 13.6. The number of nitrogens with zero attached hydrogens (tertiary/aromatic N) is 1. The molecule has 3 nitrogen and oxygen atoms in total. The molecule has 0 atom stereocenters. The van der Waals surface area contributed by atoms with Gasteiger partial charge in [0.15, 0.2) is 6.29 Å². The first-order valence-corrected chi connectivity index (χ1v) is 5.30. The number of aldehydes is 1. The van der Waals surface area contributed by atoms with Crippen LogP contribution in [0.3, 0.4) is 0 Å². The predicted octanol–water partition coefficient (Wildman–Crippen LogP) is 1.78. The Kier molecular flexibility index (Phi) is 3.19. The van der Waals surface area contributed by atoms with Gasteiger partial charge in [-0.15, -0.1) is 0 Å². The van der Waals surface area contributed by atoms with Crippen LogP contribution in [0.25, 0.3) is 0 Å². The Balaban J connectivity index is 2.31. The van der Waals surface area contributed by atoms with Gasteiger partial charge in [0.2, 0.25) is 0 Å². The first-order valence-electron chi connectivity index (χ1n) is 5.30. The van der Waals surface area contributed by atoms with Crippen molar-refractivity contribution in [3.8, 4) is 0 Å². The van der Waals surface area contributed by atoms with Crippen LogP contribution >= 0.6 is 0 Å². The molecule has 1 aromatic rings. The highest BCUT2D eigenvalue weighted by Gasteiger charge is 2.14. The Morgan fingerprint density at radius 2 is 2.06 bits per heavy atom. The van der Waals surface area contributed by atoms with Crippen LogP contribution < -0.4 is 4.90 Å². The summed E-state index contributed by atoms with van der Waals surface area (Å²) < 4.78 is 18.8. The maximum absolute atomic E-state index is 13.6. The minimum absolute atomic E-state index is 0.150. The van der Waals surface area contributed by atoms with Crippen molar-refractivity contribution in [2.24, 2.45) is 0 Å². The molecule has 1 saturated heterocycles. The van der Waals surface area contributed by atoms with E-state index in [-0.39, 0.29) is 5.56 Å². The summed E-state index contributed by atoms with van der Waals surface area (Å²) in [6.07, 6.45) is 0.563. The molecule has 0 amide bonds. The van der Waals surface area contributed by atoms with E-state index in [0.29, 0.717) is 25.1 Å². The van der Waals surface area contributed by atoms with Crippen LogP contribution in [0, 0.1) is 12.7 Å². The van der Waals surface area contributed by atoms with Crippen LogP contribution in [0.2, 0.25) is 0 Å². The van der Waals surface area contributed by atoms with Gasteiger partial charge in [0, 0.05) is 18.8 Å². The van der Waals surface area contributed by atoms with E-state index in [1.165, 1.54) is 6.07 Å². The zero-order chi connectivity index (χ0) is 11.5. The second-order valence-electron chi connectivity index (χ2n) is 3.88. The number of morpholine rings is 1. The van der Waals surface area contributed by atoms with E-state index < -0.39 is 5.82 Å². The molecule has 0 bridgehead atoms. The fourth-order valence-corrected chi connectivity index (χ4v) is 1.89. The van der Waals surface area contributed by atoms with Crippen LogP contribution in [0.1, 0.15) is 15.9 Å². The largest absolute Gasteiger partial charge is 0.378 e. The fourth-order valence-electron chi connectivity index (χ4n) is 1.89. The lowest BCUT2D eigenvalue weighted by molar-refractivity contribution is 0.111.